The molecule has 0 bridgehead atoms. The second kappa shape index (κ2) is 5.22. The molecule has 3 heteroatoms. The number of likely N-dealkylation sites (tertiary alicyclic amines) is 1. The van der Waals surface area contributed by atoms with Gasteiger partial charge in [-0.25, -0.2) is 0 Å². The summed E-state index contributed by atoms with van der Waals surface area (Å²) in [4.78, 5) is 6.92. The van der Waals surface area contributed by atoms with Gasteiger partial charge in [0, 0.05) is 6.20 Å². The van der Waals surface area contributed by atoms with Gasteiger partial charge in [-0.2, -0.15) is 0 Å². The van der Waals surface area contributed by atoms with Crippen LogP contribution in [-0.4, -0.2) is 35.1 Å². The van der Waals surface area contributed by atoms with Crippen molar-refractivity contribution < 1.29 is 5.11 Å². The van der Waals surface area contributed by atoms with Crippen molar-refractivity contribution in [2.75, 3.05) is 20.1 Å². The molecule has 2 aliphatic rings. The predicted molar refractivity (Wildman–Crippen MR) is 75.9 cm³/mol. The quantitative estimate of drug-likeness (QED) is 0.787. The van der Waals surface area contributed by atoms with Crippen LogP contribution in [0.15, 0.2) is 18.3 Å². The smallest absolute Gasteiger partial charge is 0.110 e. The summed E-state index contributed by atoms with van der Waals surface area (Å²) < 4.78 is 0. The van der Waals surface area contributed by atoms with Crippen LogP contribution in [-0.2, 0) is 12.0 Å². The first kappa shape index (κ1) is 13.1. The molecule has 0 aromatic carbocycles. The molecule has 3 rings (SSSR count). The molecular formula is C16H24N2O. The van der Waals surface area contributed by atoms with Crippen LogP contribution in [0.4, 0.5) is 0 Å². The van der Waals surface area contributed by atoms with Gasteiger partial charge in [0.05, 0.1) is 5.69 Å². The molecule has 1 aliphatic heterocycles. The molecule has 0 saturated carbocycles. The Kier molecular flexibility index (Phi) is 3.59. The van der Waals surface area contributed by atoms with E-state index in [4.69, 9.17) is 0 Å². The molecule has 19 heavy (non-hydrogen) atoms. The summed E-state index contributed by atoms with van der Waals surface area (Å²) in [7, 11) is 2.17. The highest BCUT2D eigenvalue weighted by Gasteiger charge is 2.42. The van der Waals surface area contributed by atoms with Gasteiger partial charge in [0.25, 0.3) is 0 Å². The van der Waals surface area contributed by atoms with Crippen molar-refractivity contribution in [2.45, 2.75) is 44.1 Å². The Morgan fingerprint density at radius 1 is 1.32 bits per heavy atom. The van der Waals surface area contributed by atoms with Gasteiger partial charge in [-0.15, -0.1) is 0 Å². The maximum atomic E-state index is 11.3. The van der Waals surface area contributed by atoms with Gasteiger partial charge in [0.15, 0.2) is 0 Å². The highest BCUT2D eigenvalue weighted by atomic mass is 16.3. The Bertz CT molecular complexity index is 440. The Morgan fingerprint density at radius 2 is 2.11 bits per heavy atom. The Balaban J connectivity index is 1.93. The first-order chi connectivity index (χ1) is 9.20. The van der Waals surface area contributed by atoms with E-state index in [9.17, 15) is 5.11 Å². The van der Waals surface area contributed by atoms with E-state index in [2.05, 4.69) is 23.0 Å². The number of nitrogens with zero attached hydrogens (tertiary/aromatic N) is 2. The standard InChI is InChI=1S/C16H24N2O/c1-18-11-7-14(8-12-18)16(19)9-3-2-5-13-6-4-10-17-15(13)16/h4,6,10,14,19H,2-3,5,7-9,11-12H2,1H3. The number of rotatable bonds is 1. The number of fused-ring (bicyclic) bond motifs is 1. The molecule has 1 aromatic heterocycles. The average Bonchev–Trinajstić information content (AvgIpc) is 2.61. The zero-order chi connectivity index (χ0) is 13.3. The van der Waals surface area contributed by atoms with Gasteiger partial charge in [-0.05, 0) is 76.2 Å². The highest BCUT2D eigenvalue weighted by molar-refractivity contribution is 5.28. The SMILES string of the molecule is CN1CCC(C2(O)CCCCc3cccnc32)CC1. The van der Waals surface area contributed by atoms with Crippen LogP contribution in [0.1, 0.15) is 43.4 Å². The van der Waals surface area contributed by atoms with Crippen molar-refractivity contribution in [3.63, 3.8) is 0 Å². The van der Waals surface area contributed by atoms with E-state index in [-0.39, 0.29) is 0 Å². The van der Waals surface area contributed by atoms with Gasteiger partial charge in [-0.3, -0.25) is 4.98 Å². The van der Waals surface area contributed by atoms with Crippen molar-refractivity contribution in [1.29, 1.82) is 0 Å². The van der Waals surface area contributed by atoms with Crippen molar-refractivity contribution in [1.82, 2.24) is 9.88 Å². The second-order valence-corrected chi connectivity index (χ2v) is 6.22. The summed E-state index contributed by atoms with van der Waals surface area (Å²) in [6.07, 6.45) is 8.24. The molecule has 0 spiro atoms. The lowest BCUT2D eigenvalue weighted by molar-refractivity contribution is -0.0568. The molecular weight excluding hydrogens is 236 g/mol. The summed E-state index contributed by atoms with van der Waals surface area (Å²) in [6.45, 7) is 2.18. The zero-order valence-corrected chi connectivity index (χ0v) is 11.8. The van der Waals surface area contributed by atoms with E-state index in [0.717, 1.165) is 50.9 Å². The third-order valence-electron chi connectivity index (χ3n) is 4.95. The molecule has 3 nitrogen and oxygen atoms in total. The summed E-state index contributed by atoms with van der Waals surface area (Å²) in [5.74, 6) is 0.371. The number of aryl methyl sites for hydroxylation is 1. The fraction of sp³-hybridized carbons (Fsp3) is 0.688. The number of hydrogen-bond acceptors (Lipinski definition) is 3. The lowest BCUT2D eigenvalue weighted by Gasteiger charge is -2.40. The van der Waals surface area contributed by atoms with E-state index in [1.807, 2.05) is 12.3 Å². The van der Waals surface area contributed by atoms with Gasteiger partial charge in [0.1, 0.15) is 5.60 Å². The highest BCUT2D eigenvalue weighted by Crippen LogP contribution is 2.42. The fourth-order valence-corrected chi connectivity index (χ4v) is 3.74. The average molecular weight is 260 g/mol. The van der Waals surface area contributed by atoms with E-state index >= 15 is 0 Å². The topological polar surface area (TPSA) is 36.4 Å². The third kappa shape index (κ3) is 2.41. The fourth-order valence-electron chi connectivity index (χ4n) is 3.74. The first-order valence-electron chi connectivity index (χ1n) is 7.55. The second-order valence-electron chi connectivity index (χ2n) is 6.22. The Morgan fingerprint density at radius 3 is 2.89 bits per heavy atom. The number of aromatic nitrogens is 1. The summed E-state index contributed by atoms with van der Waals surface area (Å²) in [5.41, 5.74) is 1.55. The van der Waals surface area contributed by atoms with Crippen LogP contribution in [0.25, 0.3) is 0 Å². The zero-order valence-electron chi connectivity index (χ0n) is 11.8. The maximum Gasteiger partial charge on any atom is 0.110 e. The minimum Gasteiger partial charge on any atom is -0.383 e. The van der Waals surface area contributed by atoms with Crippen LogP contribution in [0, 0.1) is 5.92 Å². The van der Waals surface area contributed by atoms with E-state index in [1.54, 1.807) is 0 Å². The minimum atomic E-state index is -0.686. The van der Waals surface area contributed by atoms with Crippen LogP contribution in [0.3, 0.4) is 0 Å². The van der Waals surface area contributed by atoms with E-state index in [1.165, 1.54) is 12.0 Å². The van der Waals surface area contributed by atoms with Crippen LogP contribution in [0.2, 0.25) is 0 Å². The monoisotopic (exact) mass is 260 g/mol. The lowest BCUT2D eigenvalue weighted by Crippen LogP contribution is -2.43. The minimum absolute atomic E-state index is 0.371. The van der Waals surface area contributed by atoms with Crippen molar-refractivity contribution in [3.8, 4) is 0 Å². The Labute approximate surface area is 115 Å². The largest absolute Gasteiger partial charge is 0.383 e. The molecule has 0 amide bonds. The van der Waals surface area contributed by atoms with E-state index < -0.39 is 5.60 Å². The van der Waals surface area contributed by atoms with Gasteiger partial charge in [0.2, 0.25) is 0 Å². The molecule has 104 valence electrons. The van der Waals surface area contributed by atoms with Gasteiger partial charge in [-0.1, -0.05) is 6.07 Å². The molecule has 1 aromatic rings. The molecule has 1 atom stereocenters. The number of piperidine rings is 1. The molecule has 1 N–H and O–H groups in total. The molecule has 1 unspecified atom stereocenters. The van der Waals surface area contributed by atoms with Crippen LogP contribution >= 0.6 is 0 Å². The van der Waals surface area contributed by atoms with Gasteiger partial charge >= 0.3 is 0 Å². The lowest BCUT2D eigenvalue weighted by atomic mass is 9.75. The van der Waals surface area contributed by atoms with E-state index in [0.29, 0.717) is 5.92 Å². The van der Waals surface area contributed by atoms with Crippen LogP contribution < -0.4 is 0 Å². The summed E-state index contributed by atoms with van der Waals surface area (Å²) in [5, 5.41) is 11.3. The summed E-state index contributed by atoms with van der Waals surface area (Å²) in [6, 6.07) is 4.15. The normalized spacial score (nSPS) is 29.8. The molecule has 1 aliphatic carbocycles. The molecule has 2 heterocycles. The predicted octanol–water partition coefficient (Wildman–Crippen LogP) is 2.34. The maximum absolute atomic E-state index is 11.3. The Hall–Kier alpha value is -0.930. The summed E-state index contributed by atoms with van der Waals surface area (Å²) >= 11 is 0. The first-order valence-corrected chi connectivity index (χ1v) is 7.55. The number of hydrogen-bond donors (Lipinski definition) is 1. The van der Waals surface area contributed by atoms with Crippen molar-refractivity contribution >= 4 is 0 Å². The molecule has 0 radical (unpaired) electrons. The van der Waals surface area contributed by atoms with Crippen molar-refractivity contribution in [2.24, 2.45) is 5.92 Å². The van der Waals surface area contributed by atoms with Crippen molar-refractivity contribution in [3.05, 3.63) is 29.6 Å². The number of pyridine rings is 1. The van der Waals surface area contributed by atoms with Crippen LogP contribution in [0.5, 0.6) is 0 Å². The molecule has 1 fully saturated rings. The molecule has 1 saturated heterocycles. The number of aliphatic hydroxyl groups is 1. The van der Waals surface area contributed by atoms with Gasteiger partial charge < -0.3 is 10.0 Å². The third-order valence-corrected chi connectivity index (χ3v) is 4.95.